The van der Waals surface area contributed by atoms with Crippen molar-refractivity contribution in [3.8, 4) is 0 Å². The van der Waals surface area contributed by atoms with Crippen molar-refractivity contribution in [1.82, 2.24) is 39.5 Å². The highest BCUT2D eigenvalue weighted by Gasteiger charge is 2.21. The molecule has 280 valence electrons. The topological polar surface area (TPSA) is 96.6 Å². The second-order valence-electron chi connectivity index (χ2n) is 13.8. The van der Waals surface area contributed by atoms with Crippen LogP contribution in [-0.2, 0) is 29.2 Å². The maximum atomic E-state index is 13.0. The van der Waals surface area contributed by atoms with Crippen LogP contribution in [0.15, 0.2) is 49.1 Å². The van der Waals surface area contributed by atoms with Gasteiger partial charge in [0.25, 0.3) is 0 Å². The number of aromatic nitrogens is 4. The smallest absolute Gasteiger partial charge is 0.307 e. The predicted molar refractivity (Wildman–Crippen MR) is 205 cm³/mol. The van der Waals surface area contributed by atoms with Gasteiger partial charge in [-0.25, -0.2) is 9.97 Å². The lowest BCUT2D eigenvalue weighted by Crippen LogP contribution is -2.40. The van der Waals surface area contributed by atoms with Crippen LogP contribution in [0.3, 0.4) is 0 Å². The molecule has 0 saturated heterocycles. The van der Waals surface area contributed by atoms with Gasteiger partial charge in [-0.1, -0.05) is 58.9 Å². The second-order valence-corrected chi connectivity index (χ2v) is 13.8. The van der Waals surface area contributed by atoms with Crippen molar-refractivity contribution in [3.63, 3.8) is 0 Å². The number of H-pyrrole nitrogens is 2. The average Bonchev–Trinajstić information content (AvgIpc) is 3.85. The second kappa shape index (κ2) is 24.2. The van der Waals surface area contributed by atoms with Crippen LogP contribution < -0.4 is 0 Å². The summed E-state index contributed by atoms with van der Waals surface area (Å²) >= 11 is 0. The number of carbonyl (C=O) groups is 1. The summed E-state index contributed by atoms with van der Waals surface area (Å²) in [5.41, 5.74) is 2.50. The number of imidazole rings is 2. The number of benzene rings is 1. The molecule has 50 heavy (non-hydrogen) atoms. The van der Waals surface area contributed by atoms with E-state index in [1.807, 2.05) is 12.4 Å². The molecule has 10 heteroatoms. The minimum Gasteiger partial charge on any atom is -0.464 e. The van der Waals surface area contributed by atoms with Crippen LogP contribution in [0, 0.1) is 0 Å². The molecule has 0 radical (unpaired) electrons. The molecule has 0 fully saturated rings. The summed E-state index contributed by atoms with van der Waals surface area (Å²) in [4.78, 5) is 38.4. The lowest BCUT2D eigenvalue weighted by molar-refractivity contribution is -0.146. The van der Waals surface area contributed by atoms with Gasteiger partial charge >= 0.3 is 5.97 Å². The molecule has 0 aliphatic rings. The molecule has 2 heterocycles. The van der Waals surface area contributed by atoms with E-state index in [2.05, 4.69) is 105 Å². The van der Waals surface area contributed by atoms with Gasteiger partial charge in [-0.15, -0.1) is 0 Å². The van der Waals surface area contributed by atoms with Crippen LogP contribution >= 0.6 is 0 Å². The number of nitrogens with zero attached hydrogens (tertiary/aromatic N) is 6. The summed E-state index contributed by atoms with van der Waals surface area (Å²) in [6.07, 6.45) is 15.7. The molecule has 2 atom stereocenters. The van der Waals surface area contributed by atoms with Gasteiger partial charge in [-0.2, -0.15) is 0 Å². The highest BCUT2D eigenvalue weighted by molar-refractivity contribution is 5.69. The number of esters is 1. The number of nitrogens with one attached hydrogen (secondary N) is 2. The van der Waals surface area contributed by atoms with Gasteiger partial charge in [0.1, 0.15) is 18.3 Å². The Morgan fingerprint density at radius 2 is 1.30 bits per heavy atom. The molecule has 1 aromatic carbocycles. The predicted octanol–water partition coefficient (Wildman–Crippen LogP) is 7.43. The van der Waals surface area contributed by atoms with Crippen LogP contribution in [0.2, 0.25) is 0 Å². The zero-order chi connectivity index (χ0) is 36.0. The lowest BCUT2D eigenvalue weighted by Gasteiger charge is -2.30. The molecular formula is C40H68N8O2. The number of hydrogen-bond donors (Lipinski definition) is 2. The Balaban J connectivity index is 1.62. The monoisotopic (exact) mass is 693 g/mol. The maximum absolute atomic E-state index is 13.0. The van der Waals surface area contributed by atoms with E-state index in [1.165, 1.54) is 43.5 Å². The maximum Gasteiger partial charge on any atom is 0.307 e. The SMILES string of the molecule is CCCN(CCC)CCCCN(CCC(=O)OCC(CC)N(CCC)CCC)Cc1ccc(CN(Cc2ncc[nH]2)C(C)c2ncc[nH]2)cc1. The normalized spacial score (nSPS) is 13.2. The number of aromatic amines is 2. The van der Waals surface area contributed by atoms with Gasteiger partial charge in [0.15, 0.2) is 0 Å². The van der Waals surface area contributed by atoms with E-state index in [4.69, 9.17) is 4.74 Å². The van der Waals surface area contributed by atoms with E-state index < -0.39 is 0 Å². The summed E-state index contributed by atoms with van der Waals surface area (Å²) in [5, 5.41) is 0. The molecule has 2 unspecified atom stereocenters. The first-order chi connectivity index (χ1) is 24.4. The largest absolute Gasteiger partial charge is 0.464 e. The number of ether oxygens (including phenoxy) is 1. The molecule has 0 aliphatic carbocycles. The van der Waals surface area contributed by atoms with E-state index >= 15 is 0 Å². The van der Waals surface area contributed by atoms with E-state index in [-0.39, 0.29) is 12.0 Å². The third-order valence-electron chi connectivity index (χ3n) is 9.54. The van der Waals surface area contributed by atoms with Gasteiger partial charge in [0, 0.05) is 50.5 Å². The lowest BCUT2D eigenvalue weighted by atomic mass is 10.1. The number of rotatable bonds is 28. The van der Waals surface area contributed by atoms with Crippen LogP contribution in [0.25, 0.3) is 0 Å². The average molecular weight is 693 g/mol. The molecule has 3 rings (SSSR count). The minimum absolute atomic E-state index is 0.0869. The molecule has 0 bridgehead atoms. The van der Waals surface area contributed by atoms with E-state index in [1.54, 1.807) is 12.4 Å². The Bertz CT molecular complexity index is 1240. The van der Waals surface area contributed by atoms with E-state index in [0.29, 0.717) is 32.2 Å². The molecule has 10 nitrogen and oxygen atoms in total. The first-order valence-electron chi connectivity index (χ1n) is 19.5. The highest BCUT2D eigenvalue weighted by Crippen LogP contribution is 2.22. The van der Waals surface area contributed by atoms with Gasteiger partial charge in [-0.05, 0) is 102 Å². The van der Waals surface area contributed by atoms with Gasteiger partial charge in [0.2, 0.25) is 0 Å². The molecule has 0 amide bonds. The standard InChI is InChI=1S/C40H68N8O2/c1-7-23-45(24-8-2)27-12-13-28-46(29-18-39(49)50-33-37(11-5)47(25-9-3)26-10-4)30-35-14-16-36(17-15-35)31-48(32-38-41-19-20-42-38)34(6)40-43-21-22-44-40/h14-17,19-22,34,37H,7-13,18,23-33H2,1-6H3,(H,41,42)(H,43,44). The van der Waals surface area contributed by atoms with Gasteiger partial charge in [0.05, 0.1) is 19.0 Å². The number of carbonyl (C=O) groups excluding carboxylic acids is 1. The minimum atomic E-state index is -0.0869. The molecule has 0 spiro atoms. The van der Waals surface area contributed by atoms with Crippen molar-refractivity contribution >= 4 is 5.97 Å². The third kappa shape index (κ3) is 15.1. The van der Waals surface area contributed by atoms with Crippen LogP contribution in [0.5, 0.6) is 0 Å². The van der Waals surface area contributed by atoms with Gasteiger partial charge < -0.3 is 19.6 Å². The van der Waals surface area contributed by atoms with Gasteiger partial charge in [-0.3, -0.25) is 19.5 Å². The van der Waals surface area contributed by atoms with Crippen molar-refractivity contribution in [2.45, 2.75) is 125 Å². The summed E-state index contributed by atoms with van der Waals surface area (Å²) in [6, 6.07) is 9.36. The fourth-order valence-corrected chi connectivity index (χ4v) is 6.78. The van der Waals surface area contributed by atoms with Crippen LogP contribution in [0.1, 0.15) is 122 Å². The first-order valence-corrected chi connectivity index (χ1v) is 19.5. The Kier molecular flexibility index (Phi) is 20.0. The first kappa shape index (κ1) is 41.4. The highest BCUT2D eigenvalue weighted by atomic mass is 16.5. The molecular weight excluding hydrogens is 624 g/mol. The van der Waals surface area contributed by atoms with Crippen molar-refractivity contribution in [1.29, 1.82) is 0 Å². The fraction of sp³-hybridized carbons (Fsp3) is 0.675. The Labute approximate surface area is 303 Å². The van der Waals surface area contributed by atoms with Crippen molar-refractivity contribution in [3.05, 3.63) is 71.8 Å². The summed E-state index contributed by atoms with van der Waals surface area (Å²) in [7, 11) is 0. The molecule has 2 N–H and O–H groups in total. The molecule has 2 aromatic heterocycles. The Morgan fingerprint density at radius 1 is 0.700 bits per heavy atom. The fourth-order valence-electron chi connectivity index (χ4n) is 6.78. The Hall–Kier alpha value is -3.05. The van der Waals surface area contributed by atoms with E-state index in [9.17, 15) is 4.79 Å². The molecule has 0 aliphatic heterocycles. The van der Waals surface area contributed by atoms with Crippen molar-refractivity contribution in [2.75, 3.05) is 52.4 Å². The number of unbranched alkanes of at least 4 members (excludes halogenated alkanes) is 1. The van der Waals surface area contributed by atoms with E-state index in [0.717, 1.165) is 76.6 Å². The van der Waals surface area contributed by atoms with Crippen LogP contribution in [0.4, 0.5) is 0 Å². The summed E-state index contributed by atoms with van der Waals surface area (Å²) in [5.74, 6) is 1.79. The van der Waals surface area contributed by atoms with Crippen LogP contribution in [-0.4, -0.2) is 104 Å². The molecule has 3 aromatic rings. The quantitative estimate of drug-likeness (QED) is 0.0599. The zero-order valence-electron chi connectivity index (χ0n) is 32.2. The van der Waals surface area contributed by atoms with Crippen molar-refractivity contribution < 1.29 is 9.53 Å². The Morgan fingerprint density at radius 3 is 1.86 bits per heavy atom. The molecule has 0 saturated carbocycles. The summed E-state index contributed by atoms with van der Waals surface area (Å²) < 4.78 is 5.88. The van der Waals surface area contributed by atoms with Crippen molar-refractivity contribution in [2.24, 2.45) is 0 Å². The number of hydrogen-bond acceptors (Lipinski definition) is 8. The zero-order valence-corrected chi connectivity index (χ0v) is 32.2. The third-order valence-corrected chi connectivity index (χ3v) is 9.54. The summed E-state index contributed by atoms with van der Waals surface area (Å²) in [6.45, 7) is 23.4.